The summed E-state index contributed by atoms with van der Waals surface area (Å²) in [5.74, 6) is -1.98. The summed E-state index contributed by atoms with van der Waals surface area (Å²) in [5, 5.41) is 11.3. The van der Waals surface area contributed by atoms with Gasteiger partial charge in [-0.3, -0.25) is 19.4 Å². The minimum atomic E-state index is -1.85. The second kappa shape index (κ2) is 19.4. The highest BCUT2D eigenvalue weighted by atomic mass is 31.1. The molecule has 0 heterocycles. The highest BCUT2D eigenvalue weighted by Crippen LogP contribution is 2.40. The van der Waals surface area contributed by atoms with Gasteiger partial charge >= 0.3 is 0 Å². The van der Waals surface area contributed by atoms with Crippen LogP contribution in [0.25, 0.3) is 10.8 Å². The van der Waals surface area contributed by atoms with Crippen LogP contribution in [0.15, 0.2) is 102 Å². The highest BCUT2D eigenvalue weighted by molar-refractivity contribution is 7.52. The molecule has 4 aromatic carbocycles. The van der Waals surface area contributed by atoms with Crippen molar-refractivity contribution in [1.82, 2.24) is 16.0 Å². The van der Waals surface area contributed by atoms with E-state index in [1.807, 2.05) is 73.7 Å². The van der Waals surface area contributed by atoms with Gasteiger partial charge in [-0.2, -0.15) is 0 Å². The van der Waals surface area contributed by atoms with Crippen molar-refractivity contribution in [2.75, 3.05) is 19.3 Å². The maximum atomic E-state index is 13.7. The number of nitrogens with two attached hydrogens (primary N) is 1. The molecule has 9 nitrogen and oxygen atoms in total. The van der Waals surface area contributed by atoms with Crippen molar-refractivity contribution in [1.29, 1.82) is 0 Å². The fraction of sp³-hybridized carbons (Fsp3) is 0.333. The normalized spacial score (nSPS) is 13.8. The fourth-order valence-corrected chi connectivity index (χ4v) is 7.53. The van der Waals surface area contributed by atoms with Gasteiger partial charge in [-0.05, 0) is 60.1 Å². The number of rotatable bonds is 18. The molecule has 0 aliphatic carbocycles. The topological polar surface area (TPSA) is 146 Å². The Morgan fingerprint density at radius 3 is 2.22 bits per heavy atom. The van der Waals surface area contributed by atoms with E-state index in [1.54, 1.807) is 0 Å². The molecule has 0 saturated carbocycles. The van der Waals surface area contributed by atoms with Crippen LogP contribution >= 0.6 is 8.15 Å². The Bertz CT molecular complexity index is 1680. The van der Waals surface area contributed by atoms with Crippen LogP contribution < -0.4 is 21.7 Å². The number of benzene rings is 4. The first kappa shape index (κ1) is 37.2. The number of nitrogens with one attached hydrogen (secondary N) is 3. The van der Waals surface area contributed by atoms with Crippen LogP contribution in [0.5, 0.6) is 0 Å². The summed E-state index contributed by atoms with van der Waals surface area (Å²) in [5.41, 5.74) is 9.51. The minimum absolute atomic E-state index is 0.139. The summed E-state index contributed by atoms with van der Waals surface area (Å²) in [7, 11) is -1.85. The molecule has 0 aliphatic rings. The van der Waals surface area contributed by atoms with Crippen molar-refractivity contribution in [2.24, 2.45) is 16.6 Å². The SMILES string of the molecule is CC(=O)N[C@@H](Cc1ccc(C)cc1)C(=O)N[C@H](Cc1ccccc1)P(O)C[C@@H](CCCN=CN)C(=O)NCCc1ccc2ccccc2c1. The molecular formula is C39H48N5O4P. The Balaban J connectivity index is 1.47. The standard InChI is InChI=1S/C39H48N5O4P/c1-28-14-16-31(17-15-28)24-36(43-29(2)45)39(47)44-37(25-30-9-4-3-5-10-30)49(48)26-35(13-8-21-41-27-40)38(46)42-22-20-32-18-19-33-11-6-7-12-34(33)23-32/h3-7,9-12,14-19,23,27,35-37,48H,8,13,20-22,24-26H2,1-2H3,(H2,40,41)(H,42,46)(H,43,45)(H,44,47)/t35-,36+,37+,49?/m1/s1. The van der Waals surface area contributed by atoms with Gasteiger partial charge in [0.15, 0.2) is 0 Å². The monoisotopic (exact) mass is 681 g/mol. The molecule has 0 saturated heterocycles. The van der Waals surface area contributed by atoms with E-state index in [2.05, 4.69) is 51.3 Å². The molecule has 1 unspecified atom stereocenters. The Morgan fingerprint density at radius 2 is 1.51 bits per heavy atom. The summed E-state index contributed by atoms with van der Waals surface area (Å²) in [6, 6.07) is 31.1. The smallest absolute Gasteiger partial charge is 0.243 e. The number of hydrogen-bond acceptors (Lipinski definition) is 5. The molecule has 4 aromatic rings. The second-order valence-corrected chi connectivity index (χ2v) is 14.3. The van der Waals surface area contributed by atoms with Crippen LogP contribution in [0.4, 0.5) is 0 Å². The van der Waals surface area contributed by atoms with E-state index in [1.165, 1.54) is 18.6 Å². The van der Waals surface area contributed by atoms with Crippen molar-refractivity contribution in [3.63, 3.8) is 0 Å². The first-order valence-electron chi connectivity index (χ1n) is 16.8. The molecule has 0 radical (unpaired) electrons. The zero-order valence-corrected chi connectivity index (χ0v) is 29.2. The van der Waals surface area contributed by atoms with Gasteiger partial charge in [-0.15, -0.1) is 0 Å². The van der Waals surface area contributed by atoms with Crippen molar-refractivity contribution < 1.29 is 19.3 Å². The lowest BCUT2D eigenvalue weighted by Crippen LogP contribution is -2.50. The van der Waals surface area contributed by atoms with E-state index in [4.69, 9.17) is 5.73 Å². The Morgan fingerprint density at radius 1 is 0.837 bits per heavy atom. The van der Waals surface area contributed by atoms with Gasteiger partial charge in [0, 0.05) is 46.7 Å². The first-order chi connectivity index (χ1) is 23.7. The number of nitrogens with zero attached hydrogens (tertiary/aromatic N) is 1. The molecule has 0 spiro atoms. The molecule has 6 N–H and O–H groups in total. The zero-order chi connectivity index (χ0) is 35.0. The Kier molecular flexibility index (Phi) is 14.8. The molecule has 0 bridgehead atoms. The molecule has 4 rings (SSSR count). The van der Waals surface area contributed by atoms with Gasteiger partial charge in [0.2, 0.25) is 17.7 Å². The average Bonchev–Trinajstić information content (AvgIpc) is 3.10. The first-order valence-corrected chi connectivity index (χ1v) is 18.3. The number of hydrogen-bond donors (Lipinski definition) is 5. The lowest BCUT2D eigenvalue weighted by atomic mass is 10.0. The van der Waals surface area contributed by atoms with E-state index >= 15 is 0 Å². The van der Waals surface area contributed by atoms with Gasteiger partial charge in [-0.25, -0.2) is 0 Å². The third kappa shape index (κ3) is 12.4. The molecule has 258 valence electrons. The summed E-state index contributed by atoms with van der Waals surface area (Å²) in [6.45, 7) is 4.30. The van der Waals surface area contributed by atoms with Gasteiger partial charge in [0.25, 0.3) is 0 Å². The third-order valence-electron chi connectivity index (χ3n) is 8.45. The van der Waals surface area contributed by atoms with Crippen LogP contribution in [0.2, 0.25) is 0 Å². The predicted octanol–water partition coefficient (Wildman–Crippen LogP) is 5.01. The number of aliphatic imine (C=N–C) groups is 1. The van der Waals surface area contributed by atoms with E-state index in [-0.39, 0.29) is 23.9 Å². The van der Waals surface area contributed by atoms with Crippen LogP contribution in [0.3, 0.4) is 0 Å². The number of fused-ring (bicyclic) bond motifs is 1. The maximum absolute atomic E-state index is 13.7. The molecule has 0 aliphatic heterocycles. The fourth-order valence-electron chi connectivity index (χ4n) is 5.78. The van der Waals surface area contributed by atoms with E-state index in [9.17, 15) is 19.3 Å². The molecular weight excluding hydrogens is 633 g/mol. The van der Waals surface area contributed by atoms with Crippen molar-refractivity contribution >= 4 is 43.0 Å². The van der Waals surface area contributed by atoms with E-state index in [0.29, 0.717) is 45.2 Å². The lowest BCUT2D eigenvalue weighted by Gasteiger charge is -2.29. The minimum Gasteiger partial charge on any atom is -0.390 e. The predicted molar refractivity (Wildman–Crippen MR) is 200 cm³/mol. The molecule has 4 atom stereocenters. The number of carbonyl (C=O) groups excluding carboxylic acids is 3. The largest absolute Gasteiger partial charge is 0.390 e. The van der Waals surface area contributed by atoms with Gasteiger partial charge in [-0.1, -0.05) is 103 Å². The summed E-state index contributed by atoms with van der Waals surface area (Å²) >= 11 is 0. The molecule has 10 heteroatoms. The number of carbonyl (C=O) groups is 3. The molecule has 0 fully saturated rings. The maximum Gasteiger partial charge on any atom is 0.243 e. The van der Waals surface area contributed by atoms with Crippen molar-refractivity contribution in [3.05, 3.63) is 119 Å². The van der Waals surface area contributed by atoms with Crippen LogP contribution in [0, 0.1) is 12.8 Å². The average molecular weight is 682 g/mol. The highest BCUT2D eigenvalue weighted by Gasteiger charge is 2.31. The lowest BCUT2D eigenvalue weighted by molar-refractivity contribution is -0.128. The summed E-state index contributed by atoms with van der Waals surface area (Å²) < 4.78 is 0. The van der Waals surface area contributed by atoms with Crippen molar-refractivity contribution in [2.45, 2.75) is 57.8 Å². The van der Waals surface area contributed by atoms with Crippen LogP contribution in [0.1, 0.15) is 42.0 Å². The van der Waals surface area contributed by atoms with Crippen LogP contribution in [-0.2, 0) is 33.6 Å². The number of amides is 3. The zero-order valence-electron chi connectivity index (χ0n) is 28.3. The molecule has 49 heavy (non-hydrogen) atoms. The summed E-state index contributed by atoms with van der Waals surface area (Å²) in [6.07, 6.45) is 3.93. The van der Waals surface area contributed by atoms with Gasteiger partial charge < -0.3 is 26.6 Å². The van der Waals surface area contributed by atoms with E-state index < -0.39 is 25.9 Å². The van der Waals surface area contributed by atoms with E-state index in [0.717, 1.165) is 27.6 Å². The van der Waals surface area contributed by atoms with Crippen LogP contribution in [-0.4, -0.2) is 60.0 Å². The second-order valence-electron chi connectivity index (χ2n) is 12.4. The Hall–Kier alpha value is -4.59. The van der Waals surface area contributed by atoms with Gasteiger partial charge in [0.1, 0.15) is 6.04 Å². The summed E-state index contributed by atoms with van der Waals surface area (Å²) in [4.78, 5) is 55.3. The van der Waals surface area contributed by atoms with Gasteiger partial charge in [0.05, 0.1) is 12.1 Å². The molecule has 0 aromatic heterocycles. The number of aryl methyl sites for hydroxylation is 1. The van der Waals surface area contributed by atoms with Crippen molar-refractivity contribution in [3.8, 4) is 0 Å². The molecule has 3 amide bonds. The Labute approximate surface area is 290 Å². The quantitative estimate of drug-likeness (QED) is 0.0434. The third-order valence-corrected chi connectivity index (χ3v) is 10.3.